The molecular formula is C39H33N2O2S. The van der Waals surface area contributed by atoms with Gasteiger partial charge < -0.3 is 10.0 Å². The summed E-state index contributed by atoms with van der Waals surface area (Å²) in [5, 5.41) is 18.5. The van der Waals surface area contributed by atoms with Gasteiger partial charge >= 0.3 is 5.97 Å². The molecule has 2 unspecified atom stereocenters. The summed E-state index contributed by atoms with van der Waals surface area (Å²) < 4.78 is 0. The van der Waals surface area contributed by atoms with E-state index in [1.807, 2.05) is 13.0 Å². The Labute approximate surface area is 263 Å². The SMILES string of the molecule is C[CH]Sc1ccc(C=Cc2ccc(C=Cc3ccc(N4c5ccc(/C=C(\C#N)C(=O)O)cc5C5CCCC54)cc3)cc2)cc1. The Morgan fingerprint density at radius 2 is 1.36 bits per heavy atom. The number of rotatable bonds is 9. The van der Waals surface area contributed by atoms with E-state index in [0.717, 1.165) is 35.2 Å². The quantitative estimate of drug-likeness (QED) is 0.0905. The highest BCUT2D eigenvalue weighted by Gasteiger charge is 2.42. The van der Waals surface area contributed by atoms with E-state index in [9.17, 15) is 15.2 Å². The molecule has 0 amide bonds. The number of nitrogens with zero attached hydrogens (tertiary/aromatic N) is 2. The Bertz CT molecular complexity index is 1780. The van der Waals surface area contributed by atoms with Crippen LogP contribution in [0.3, 0.4) is 0 Å². The molecule has 6 rings (SSSR count). The predicted octanol–water partition coefficient (Wildman–Crippen LogP) is 10.1. The molecule has 1 fully saturated rings. The summed E-state index contributed by atoms with van der Waals surface area (Å²) in [6.45, 7) is 2.05. The molecule has 4 aromatic rings. The van der Waals surface area contributed by atoms with Gasteiger partial charge in [-0.3, -0.25) is 0 Å². The minimum atomic E-state index is -1.20. The van der Waals surface area contributed by atoms with Gasteiger partial charge in [-0.1, -0.05) is 92.2 Å². The van der Waals surface area contributed by atoms with Crippen LogP contribution in [0.1, 0.15) is 65.5 Å². The number of thioether (sulfide) groups is 1. The van der Waals surface area contributed by atoms with Crippen molar-refractivity contribution in [2.75, 3.05) is 4.90 Å². The normalized spacial score (nSPS) is 17.6. The molecular weight excluding hydrogens is 561 g/mol. The number of carboxylic acid groups (broad SMARTS) is 1. The number of nitriles is 1. The maximum atomic E-state index is 11.3. The van der Waals surface area contributed by atoms with E-state index in [1.165, 1.54) is 39.8 Å². The second-order valence-electron chi connectivity index (χ2n) is 11.1. The van der Waals surface area contributed by atoms with E-state index in [0.29, 0.717) is 12.0 Å². The predicted molar refractivity (Wildman–Crippen MR) is 183 cm³/mol. The van der Waals surface area contributed by atoms with Crippen LogP contribution >= 0.6 is 11.8 Å². The topological polar surface area (TPSA) is 64.3 Å². The molecule has 2 atom stereocenters. The highest BCUT2D eigenvalue weighted by molar-refractivity contribution is 8.01. The van der Waals surface area contributed by atoms with Crippen LogP contribution in [0.4, 0.5) is 11.4 Å². The van der Waals surface area contributed by atoms with Crippen LogP contribution in [-0.4, -0.2) is 17.1 Å². The molecule has 1 heterocycles. The average molecular weight is 594 g/mol. The van der Waals surface area contributed by atoms with Crippen molar-refractivity contribution in [3.63, 3.8) is 0 Å². The summed E-state index contributed by atoms with van der Waals surface area (Å²) in [5.41, 5.74) is 8.74. The molecule has 1 aliphatic heterocycles. The van der Waals surface area contributed by atoms with Gasteiger partial charge in [0.15, 0.2) is 0 Å². The van der Waals surface area contributed by atoms with Crippen molar-refractivity contribution in [1.29, 1.82) is 5.26 Å². The summed E-state index contributed by atoms with van der Waals surface area (Å²) in [5.74, 6) is 1.30. The second kappa shape index (κ2) is 13.2. The van der Waals surface area contributed by atoms with Crippen molar-refractivity contribution in [2.45, 2.75) is 43.0 Å². The minimum Gasteiger partial charge on any atom is -0.477 e. The minimum absolute atomic E-state index is 0.249. The number of hydrogen-bond donors (Lipinski definition) is 1. The van der Waals surface area contributed by atoms with Crippen LogP contribution in [0, 0.1) is 17.1 Å². The van der Waals surface area contributed by atoms with Gasteiger partial charge in [-0.2, -0.15) is 5.26 Å². The third-order valence-electron chi connectivity index (χ3n) is 8.36. The van der Waals surface area contributed by atoms with Crippen LogP contribution in [0.25, 0.3) is 30.4 Å². The molecule has 1 N–H and O–H groups in total. The fourth-order valence-electron chi connectivity index (χ4n) is 6.25. The number of carbonyl (C=O) groups is 1. The Balaban J connectivity index is 1.14. The van der Waals surface area contributed by atoms with Gasteiger partial charge in [0.05, 0.1) is 0 Å². The summed E-state index contributed by atoms with van der Waals surface area (Å²) in [7, 11) is 0. The lowest BCUT2D eigenvalue weighted by molar-refractivity contribution is -0.132. The Morgan fingerprint density at radius 3 is 1.91 bits per heavy atom. The molecule has 44 heavy (non-hydrogen) atoms. The van der Waals surface area contributed by atoms with Gasteiger partial charge in [0, 0.05) is 34.0 Å². The van der Waals surface area contributed by atoms with E-state index < -0.39 is 5.97 Å². The average Bonchev–Trinajstić information content (AvgIpc) is 3.64. The fraction of sp³-hybridized carbons (Fsp3) is 0.154. The highest BCUT2D eigenvalue weighted by atomic mass is 32.2. The van der Waals surface area contributed by atoms with Gasteiger partial charge in [-0.15, -0.1) is 11.8 Å². The number of benzene rings is 4. The molecule has 0 bridgehead atoms. The molecule has 0 spiro atoms. The van der Waals surface area contributed by atoms with Crippen molar-refractivity contribution in [3.8, 4) is 6.07 Å². The van der Waals surface area contributed by atoms with Gasteiger partial charge in [0.2, 0.25) is 0 Å². The maximum absolute atomic E-state index is 11.3. The zero-order valence-corrected chi connectivity index (χ0v) is 25.4. The largest absolute Gasteiger partial charge is 0.477 e. The molecule has 1 radical (unpaired) electrons. The van der Waals surface area contributed by atoms with E-state index >= 15 is 0 Å². The van der Waals surface area contributed by atoms with Crippen molar-refractivity contribution in [1.82, 2.24) is 0 Å². The molecule has 4 nitrogen and oxygen atoms in total. The van der Waals surface area contributed by atoms with Crippen molar-refractivity contribution < 1.29 is 9.90 Å². The van der Waals surface area contributed by atoms with Gasteiger partial charge in [-0.25, -0.2) is 4.79 Å². The first-order chi connectivity index (χ1) is 21.5. The lowest BCUT2D eigenvalue weighted by atomic mass is 9.95. The number of aliphatic carboxylic acids is 1. The first-order valence-electron chi connectivity index (χ1n) is 14.9. The number of fused-ring (bicyclic) bond motifs is 3. The first-order valence-corrected chi connectivity index (χ1v) is 15.8. The first kappa shape index (κ1) is 29.3. The van der Waals surface area contributed by atoms with Gasteiger partial charge in [-0.05, 0) is 88.7 Å². The fourth-order valence-corrected chi connectivity index (χ4v) is 6.82. The monoisotopic (exact) mass is 593 g/mol. The summed E-state index contributed by atoms with van der Waals surface area (Å²) >= 11 is 1.73. The second-order valence-corrected chi connectivity index (χ2v) is 12.3. The van der Waals surface area contributed by atoms with E-state index in [2.05, 4.69) is 120 Å². The number of anilines is 2. The van der Waals surface area contributed by atoms with E-state index in [1.54, 1.807) is 17.8 Å². The lowest BCUT2D eigenvalue weighted by Gasteiger charge is -2.27. The lowest BCUT2D eigenvalue weighted by Crippen LogP contribution is -2.26. The zero-order valence-electron chi connectivity index (χ0n) is 24.6. The summed E-state index contributed by atoms with van der Waals surface area (Å²) in [4.78, 5) is 15.0. The smallest absolute Gasteiger partial charge is 0.346 e. The summed E-state index contributed by atoms with van der Waals surface area (Å²) in [6.07, 6.45) is 13.4. The number of carboxylic acids is 1. The molecule has 217 valence electrons. The van der Waals surface area contributed by atoms with Crippen LogP contribution in [0.15, 0.2) is 101 Å². The van der Waals surface area contributed by atoms with Crippen molar-refractivity contribution in [2.24, 2.45) is 0 Å². The Kier molecular flexibility index (Phi) is 8.81. The molecule has 4 aromatic carbocycles. The van der Waals surface area contributed by atoms with Crippen LogP contribution in [-0.2, 0) is 4.79 Å². The molecule has 0 aromatic heterocycles. The Hall–Kier alpha value is -4.79. The van der Waals surface area contributed by atoms with Crippen LogP contribution in [0.5, 0.6) is 0 Å². The standard InChI is InChI=1S/C39H33N2O2S/c1-2-44-34-21-16-30(17-22-34)13-11-28-8-6-27(7-9-28)10-12-29-14-19-33(20-15-29)41-37-5-3-4-35(37)36-25-31(18-23-38(36)41)24-32(26-40)39(42)43/h2,6-25,35,37H,3-5H2,1H3,(H,42,43)/b12-10?,13-11?,32-24+. The third kappa shape index (κ3) is 6.41. The van der Waals surface area contributed by atoms with Gasteiger partial charge in [0.25, 0.3) is 0 Å². The molecule has 0 saturated heterocycles. The highest BCUT2D eigenvalue weighted by Crippen LogP contribution is 2.52. The Morgan fingerprint density at radius 1 is 0.818 bits per heavy atom. The molecule has 1 saturated carbocycles. The number of hydrogen-bond acceptors (Lipinski definition) is 4. The van der Waals surface area contributed by atoms with Gasteiger partial charge in [0.1, 0.15) is 11.6 Å². The molecule has 1 aliphatic carbocycles. The van der Waals surface area contributed by atoms with E-state index in [4.69, 9.17) is 0 Å². The molecule has 5 heteroatoms. The summed E-state index contributed by atoms with van der Waals surface area (Å²) in [6, 6.07) is 34.1. The van der Waals surface area contributed by atoms with Crippen LogP contribution < -0.4 is 4.90 Å². The third-order valence-corrected chi connectivity index (χ3v) is 9.14. The molecule has 2 aliphatic rings. The maximum Gasteiger partial charge on any atom is 0.346 e. The van der Waals surface area contributed by atoms with Crippen molar-refractivity contribution >= 4 is 59.5 Å². The van der Waals surface area contributed by atoms with E-state index in [-0.39, 0.29) is 5.57 Å². The van der Waals surface area contributed by atoms with Crippen LogP contribution in [0.2, 0.25) is 0 Å². The zero-order chi connectivity index (χ0) is 30.5. The van der Waals surface area contributed by atoms with Crippen molar-refractivity contribution in [3.05, 3.63) is 136 Å².